The molecule has 0 bridgehead atoms. The highest BCUT2D eigenvalue weighted by Gasteiger charge is 2.14. The summed E-state index contributed by atoms with van der Waals surface area (Å²) in [5.41, 5.74) is 1.06. The lowest BCUT2D eigenvalue weighted by molar-refractivity contribution is 0.342. The molecule has 0 saturated heterocycles. The van der Waals surface area contributed by atoms with Gasteiger partial charge < -0.3 is 0 Å². The molecule has 0 aliphatic heterocycles. The molecule has 0 atom stereocenters. The van der Waals surface area contributed by atoms with E-state index >= 15 is 0 Å². The van der Waals surface area contributed by atoms with Gasteiger partial charge in [-0.05, 0) is 33.3 Å². The normalized spacial score (nSPS) is 12.7. The lowest BCUT2D eigenvalue weighted by Gasteiger charge is -2.04. The molecule has 0 unspecified atom stereocenters. The molecule has 0 heterocycles. The zero-order valence-corrected chi connectivity index (χ0v) is 10.0. The van der Waals surface area contributed by atoms with E-state index in [0.717, 1.165) is 5.57 Å². The van der Waals surface area contributed by atoms with Crippen LogP contribution in [0.2, 0.25) is 0 Å². The average molecular weight is 218 g/mol. The van der Waals surface area contributed by atoms with Crippen molar-refractivity contribution in [3.63, 3.8) is 0 Å². The van der Waals surface area contributed by atoms with E-state index in [1.165, 1.54) is 0 Å². The molecule has 0 aliphatic carbocycles. The number of hydrogen-bond acceptors (Lipinski definition) is 3. The summed E-state index contributed by atoms with van der Waals surface area (Å²) in [7, 11) is -3.50. The quantitative estimate of drug-likeness (QED) is 0.526. The van der Waals surface area contributed by atoms with E-state index in [4.69, 9.17) is 0 Å². The van der Waals surface area contributed by atoms with Crippen LogP contribution in [0.25, 0.3) is 0 Å². The predicted octanol–water partition coefficient (Wildman–Crippen LogP) is 2.61. The van der Waals surface area contributed by atoms with Crippen molar-refractivity contribution in [3.05, 3.63) is 22.6 Å². The summed E-state index contributed by atoms with van der Waals surface area (Å²) in [6, 6.07) is 0. The first-order valence-electron chi connectivity index (χ1n) is 4.67. The molecule has 14 heavy (non-hydrogen) atoms. The van der Waals surface area contributed by atoms with Gasteiger partial charge in [-0.25, -0.2) is 0 Å². The highest BCUT2D eigenvalue weighted by atomic mass is 32.2. The predicted molar refractivity (Wildman–Crippen MR) is 58.4 cm³/mol. The van der Waals surface area contributed by atoms with Crippen LogP contribution in [0.3, 0.4) is 0 Å². The van der Waals surface area contributed by atoms with E-state index in [1.54, 1.807) is 26.0 Å². The zero-order chi connectivity index (χ0) is 11.2. The van der Waals surface area contributed by atoms with E-state index in [9.17, 15) is 8.42 Å². The van der Waals surface area contributed by atoms with Crippen LogP contribution in [0.5, 0.6) is 0 Å². The topological polar surface area (TPSA) is 43.4 Å². The van der Waals surface area contributed by atoms with Crippen molar-refractivity contribution >= 4 is 10.1 Å². The van der Waals surface area contributed by atoms with Crippen molar-refractivity contribution < 1.29 is 12.6 Å². The second-order valence-corrected chi connectivity index (χ2v) is 4.76. The van der Waals surface area contributed by atoms with Gasteiger partial charge in [0.1, 0.15) is 0 Å². The molecule has 0 N–H and O–H groups in total. The van der Waals surface area contributed by atoms with E-state index in [1.807, 2.05) is 13.8 Å². The summed E-state index contributed by atoms with van der Waals surface area (Å²) in [6.45, 7) is 7.45. The molecule has 82 valence electrons. The van der Waals surface area contributed by atoms with E-state index in [0.29, 0.717) is 11.3 Å². The number of rotatable bonds is 5. The molecule has 0 aromatic rings. The zero-order valence-electron chi connectivity index (χ0n) is 9.20. The minimum absolute atomic E-state index is 0.175. The first kappa shape index (κ1) is 13.4. The third kappa shape index (κ3) is 4.58. The molecular formula is C10H18O3S. The molecule has 0 rings (SSSR count). The van der Waals surface area contributed by atoms with Gasteiger partial charge in [-0.15, -0.1) is 0 Å². The van der Waals surface area contributed by atoms with Gasteiger partial charge in [0.2, 0.25) is 0 Å². The van der Waals surface area contributed by atoms with E-state index in [-0.39, 0.29) is 6.61 Å². The van der Waals surface area contributed by atoms with Crippen molar-refractivity contribution in [2.45, 2.75) is 34.1 Å². The fourth-order valence-corrected chi connectivity index (χ4v) is 1.92. The SMILES string of the molecule is CCOS(=O)(=O)/C(=C/C=C(C)C)CC. The van der Waals surface area contributed by atoms with Crippen LogP contribution in [-0.2, 0) is 14.3 Å². The molecule has 0 spiro atoms. The Morgan fingerprint density at radius 1 is 1.21 bits per heavy atom. The Balaban J connectivity index is 4.90. The highest BCUT2D eigenvalue weighted by molar-refractivity contribution is 7.90. The molecule has 0 saturated carbocycles. The lowest BCUT2D eigenvalue weighted by atomic mass is 10.3. The summed E-state index contributed by atoms with van der Waals surface area (Å²) in [4.78, 5) is 0.320. The average Bonchev–Trinajstić information content (AvgIpc) is 2.03. The first-order chi connectivity index (χ1) is 6.44. The maximum Gasteiger partial charge on any atom is 0.293 e. The van der Waals surface area contributed by atoms with Crippen LogP contribution in [0.1, 0.15) is 34.1 Å². The van der Waals surface area contributed by atoms with Gasteiger partial charge in [0.05, 0.1) is 11.5 Å². The Morgan fingerprint density at radius 2 is 1.79 bits per heavy atom. The molecular weight excluding hydrogens is 200 g/mol. The van der Waals surface area contributed by atoms with Gasteiger partial charge in [-0.1, -0.05) is 18.6 Å². The molecule has 0 radical (unpaired) electrons. The Bertz CT molecular complexity index is 319. The maximum atomic E-state index is 11.5. The molecule has 0 fully saturated rings. The summed E-state index contributed by atoms with van der Waals surface area (Å²) in [6.07, 6.45) is 3.82. The molecule has 3 nitrogen and oxygen atoms in total. The summed E-state index contributed by atoms with van der Waals surface area (Å²) in [5, 5.41) is 0. The van der Waals surface area contributed by atoms with Crippen molar-refractivity contribution in [1.29, 1.82) is 0 Å². The molecule has 0 amide bonds. The summed E-state index contributed by atoms with van der Waals surface area (Å²) >= 11 is 0. The van der Waals surface area contributed by atoms with Crippen LogP contribution >= 0.6 is 0 Å². The van der Waals surface area contributed by atoms with Crippen molar-refractivity contribution in [2.24, 2.45) is 0 Å². The molecule has 0 aliphatic rings. The van der Waals surface area contributed by atoms with Crippen LogP contribution in [0, 0.1) is 0 Å². The van der Waals surface area contributed by atoms with Crippen molar-refractivity contribution in [3.8, 4) is 0 Å². The molecule has 0 aromatic heterocycles. The van der Waals surface area contributed by atoms with Crippen LogP contribution in [-0.4, -0.2) is 15.0 Å². The minimum atomic E-state index is -3.50. The van der Waals surface area contributed by atoms with E-state index < -0.39 is 10.1 Å². The van der Waals surface area contributed by atoms with Crippen molar-refractivity contribution in [1.82, 2.24) is 0 Å². The lowest BCUT2D eigenvalue weighted by Crippen LogP contribution is -2.07. The minimum Gasteiger partial charge on any atom is -0.267 e. The second kappa shape index (κ2) is 5.98. The monoisotopic (exact) mass is 218 g/mol. The third-order valence-electron chi connectivity index (χ3n) is 1.55. The summed E-state index contributed by atoms with van der Waals surface area (Å²) < 4.78 is 27.6. The Kier molecular flexibility index (Phi) is 5.72. The van der Waals surface area contributed by atoms with Gasteiger partial charge in [-0.3, -0.25) is 4.18 Å². The van der Waals surface area contributed by atoms with Crippen LogP contribution in [0.4, 0.5) is 0 Å². The van der Waals surface area contributed by atoms with Gasteiger partial charge in [0.15, 0.2) is 0 Å². The number of hydrogen-bond donors (Lipinski definition) is 0. The largest absolute Gasteiger partial charge is 0.293 e. The first-order valence-corrected chi connectivity index (χ1v) is 6.08. The Hall–Kier alpha value is -0.610. The summed E-state index contributed by atoms with van der Waals surface area (Å²) in [5.74, 6) is 0. The van der Waals surface area contributed by atoms with Gasteiger partial charge >= 0.3 is 0 Å². The Labute approximate surface area is 86.6 Å². The third-order valence-corrected chi connectivity index (χ3v) is 3.16. The highest BCUT2D eigenvalue weighted by Crippen LogP contribution is 2.13. The maximum absolute atomic E-state index is 11.5. The smallest absolute Gasteiger partial charge is 0.267 e. The Morgan fingerprint density at radius 3 is 2.14 bits per heavy atom. The second-order valence-electron chi connectivity index (χ2n) is 3.09. The van der Waals surface area contributed by atoms with Gasteiger partial charge in [-0.2, -0.15) is 8.42 Å². The van der Waals surface area contributed by atoms with Crippen LogP contribution < -0.4 is 0 Å². The van der Waals surface area contributed by atoms with E-state index in [2.05, 4.69) is 4.18 Å². The standard InChI is InChI=1S/C10H18O3S/c1-5-10(8-7-9(3)4)14(11,12)13-6-2/h7-8H,5-6H2,1-4H3/b10-8+. The van der Waals surface area contributed by atoms with Crippen molar-refractivity contribution in [2.75, 3.05) is 6.61 Å². The van der Waals surface area contributed by atoms with Gasteiger partial charge in [0, 0.05) is 0 Å². The fourth-order valence-electron chi connectivity index (χ4n) is 0.868. The molecule has 4 heteroatoms. The fraction of sp³-hybridized carbons (Fsp3) is 0.600. The van der Waals surface area contributed by atoms with Crippen LogP contribution in [0.15, 0.2) is 22.6 Å². The molecule has 0 aromatic carbocycles. The number of allylic oxidation sites excluding steroid dienone is 4. The van der Waals surface area contributed by atoms with Gasteiger partial charge in [0.25, 0.3) is 10.1 Å².